The van der Waals surface area contributed by atoms with E-state index in [1.807, 2.05) is 19.1 Å². The Bertz CT molecular complexity index is 889. The van der Waals surface area contributed by atoms with E-state index >= 15 is 0 Å². The van der Waals surface area contributed by atoms with Gasteiger partial charge in [-0.2, -0.15) is 4.39 Å². The first-order chi connectivity index (χ1) is 13.4. The first-order valence-corrected chi connectivity index (χ1v) is 10.2. The van der Waals surface area contributed by atoms with Gasteiger partial charge in [0.15, 0.2) is 0 Å². The summed E-state index contributed by atoms with van der Waals surface area (Å²) >= 11 is 6.15. The van der Waals surface area contributed by atoms with Crippen molar-refractivity contribution in [2.45, 2.75) is 63.8 Å². The third-order valence-corrected chi connectivity index (χ3v) is 5.48. The fraction of sp³-hybridized carbons (Fsp3) is 0.476. The van der Waals surface area contributed by atoms with Crippen LogP contribution < -0.4 is 5.43 Å². The van der Waals surface area contributed by atoms with E-state index in [0.717, 1.165) is 48.1 Å². The number of hydrogen-bond acceptors (Lipinski definition) is 3. The zero-order chi connectivity index (χ0) is 20.3. The fourth-order valence-corrected chi connectivity index (χ4v) is 3.79. The Labute approximate surface area is 169 Å². The SMILES string of the molecule is CCCCCCCC(=O)NN1C(=O)[C@@H](Cl)[C@@H]1c1cc2ccc(C)cc2nc1F. The normalized spacial score (nSPS) is 19.0. The number of alkyl halides is 1. The summed E-state index contributed by atoms with van der Waals surface area (Å²) in [5.41, 5.74) is 4.32. The number of hydrogen-bond donors (Lipinski definition) is 1. The minimum atomic E-state index is -0.927. The predicted molar refractivity (Wildman–Crippen MR) is 107 cm³/mol. The molecule has 2 atom stereocenters. The molecule has 1 saturated heterocycles. The number of carbonyl (C=O) groups excluding carboxylic acids is 2. The lowest BCUT2D eigenvalue weighted by molar-refractivity contribution is -0.156. The molecule has 1 aromatic carbocycles. The Kier molecular flexibility index (Phi) is 6.50. The average Bonchev–Trinajstić information content (AvgIpc) is 2.67. The van der Waals surface area contributed by atoms with Crippen LogP contribution in [-0.4, -0.2) is 27.2 Å². The van der Waals surface area contributed by atoms with Crippen LogP contribution in [0.1, 0.15) is 62.6 Å². The molecule has 0 unspecified atom stereocenters. The smallest absolute Gasteiger partial charge is 0.262 e. The second-order valence-electron chi connectivity index (χ2n) is 7.32. The van der Waals surface area contributed by atoms with E-state index in [-0.39, 0.29) is 11.5 Å². The predicted octanol–water partition coefficient (Wildman–Crippen LogP) is 4.56. The number of β-lactam (4-membered cyclic amide) rings is 1. The van der Waals surface area contributed by atoms with Crippen molar-refractivity contribution in [3.8, 4) is 0 Å². The van der Waals surface area contributed by atoms with Crippen LogP contribution >= 0.6 is 11.6 Å². The van der Waals surface area contributed by atoms with Crippen molar-refractivity contribution in [1.82, 2.24) is 15.4 Å². The number of pyridine rings is 1. The number of amides is 2. The van der Waals surface area contributed by atoms with Gasteiger partial charge in [-0.05, 0) is 31.0 Å². The molecule has 1 aliphatic heterocycles. The number of aromatic nitrogens is 1. The fourth-order valence-electron chi connectivity index (χ4n) is 3.43. The van der Waals surface area contributed by atoms with Gasteiger partial charge in [0.05, 0.1) is 5.52 Å². The minimum absolute atomic E-state index is 0.208. The van der Waals surface area contributed by atoms with E-state index < -0.39 is 23.3 Å². The Morgan fingerprint density at radius 3 is 2.75 bits per heavy atom. The molecule has 1 aliphatic rings. The Morgan fingerprint density at radius 1 is 1.25 bits per heavy atom. The van der Waals surface area contributed by atoms with Gasteiger partial charge in [0, 0.05) is 17.4 Å². The molecule has 1 fully saturated rings. The Morgan fingerprint density at radius 2 is 2.00 bits per heavy atom. The lowest BCUT2D eigenvalue weighted by atomic mass is 9.95. The Hall–Kier alpha value is -2.21. The maximum Gasteiger partial charge on any atom is 0.262 e. The number of fused-ring (bicyclic) bond motifs is 1. The number of halogens is 2. The standard InChI is InChI=1S/C21H25ClFN3O2/c1-3-4-5-6-7-8-17(27)25-26-19(18(22)21(26)28)15-12-14-10-9-13(2)11-16(14)24-20(15)23/h9-12,18-19H,3-8H2,1-2H3,(H,25,27)/t18-,19-/m0/s1. The first kappa shape index (κ1) is 20.5. The molecule has 0 spiro atoms. The molecule has 2 amide bonds. The zero-order valence-corrected chi connectivity index (χ0v) is 16.9. The highest BCUT2D eigenvalue weighted by atomic mass is 35.5. The van der Waals surface area contributed by atoms with Crippen LogP contribution in [0.25, 0.3) is 10.9 Å². The summed E-state index contributed by atoms with van der Waals surface area (Å²) in [5.74, 6) is -1.38. The number of unbranched alkanes of at least 4 members (excludes halogenated alkanes) is 4. The molecule has 28 heavy (non-hydrogen) atoms. The van der Waals surface area contributed by atoms with Crippen molar-refractivity contribution in [3.63, 3.8) is 0 Å². The summed E-state index contributed by atoms with van der Waals surface area (Å²) in [5, 5.41) is 0.961. The lowest BCUT2D eigenvalue weighted by Gasteiger charge is -2.43. The van der Waals surface area contributed by atoms with Crippen LogP contribution in [0.15, 0.2) is 24.3 Å². The lowest BCUT2D eigenvalue weighted by Crippen LogP contribution is -2.63. The molecule has 5 nitrogen and oxygen atoms in total. The van der Waals surface area contributed by atoms with Crippen LogP contribution in [0, 0.1) is 12.9 Å². The summed E-state index contributed by atoms with van der Waals surface area (Å²) in [7, 11) is 0. The third-order valence-electron chi connectivity index (χ3n) is 5.05. The maximum atomic E-state index is 14.6. The van der Waals surface area contributed by atoms with E-state index in [2.05, 4.69) is 17.3 Å². The molecular weight excluding hydrogens is 381 g/mol. The second-order valence-corrected chi connectivity index (χ2v) is 7.79. The van der Waals surface area contributed by atoms with Crippen molar-refractivity contribution >= 4 is 34.3 Å². The van der Waals surface area contributed by atoms with Crippen molar-refractivity contribution in [1.29, 1.82) is 0 Å². The number of rotatable bonds is 8. The molecule has 7 heteroatoms. The summed E-state index contributed by atoms with van der Waals surface area (Å²) in [6, 6.07) is 6.44. The van der Waals surface area contributed by atoms with E-state index in [9.17, 15) is 14.0 Å². The minimum Gasteiger partial charge on any atom is -0.273 e. The second kappa shape index (κ2) is 8.86. The van der Waals surface area contributed by atoms with Crippen LogP contribution in [0.2, 0.25) is 0 Å². The van der Waals surface area contributed by atoms with Crippen LogP contribution in [0.4, 0.5) is 4.39 Å². The number of nitrogens with one attached hydrogen (secondary N) is 1. The van der Waals surface area contributed by atoms with E-state index in [0.29, 0.717) is 11.9 Å². The molecule has 1 aromatic heterocycles. The van der Waals surface area contributed by atoms with Crippen molar-refractivity contribution in [2.24, 2.45) is 0 Å². The van der Waals surface area contributed by atoms with Crippen molar-refractivity contribution in [3.05, 3.63) is 41.3 Å². The molecule has 150 valence electrons. The van der Waals surface area contributed by atoms with E-state index in [1.165, 1.54) is 0 Å². The van der Waals surface area contributed by atoms with E-state index in [1.54, 1.807) is 12.1 Å². The van der Waals surface area contributed by atoms with Crippen LogP contribution in [0.3, 0.4) is 0 Å². The third kappa shape index (κ3) is 4.27. The quantitative estimate of drug-likeness (QED) is 0.303. The van der Waals surface area contributed by atoms with Crippen LogP contribution in [-0.2, 0) is 9.59 Å². The monoisotopic (exact) mass is 405 g/mol. The van der Waals surface area contributed by atoms with Gasteiger partial charge in [0.25, 0.3) is 5.91 Å². The molecule has 0 radical (unpaired) electrons. The molecule has 0 bridgehead atoms. The summed E-state index contributed by atoms with van der Waals surface area (Å²) in [6.07, 6.45) is 5.43. The van der Waals surface area contributed by atoms with Gasteiger partial charge < -0.3 is 0 Å². The van der Waals surface area contributed by atoms with Gasteiger partial charge >= 0.3 is 0 Å². The number of nitrogens with zero attached hydrogens (tertiary/aromatic N) is 2. The topological polar surface area (TPSA) is 62.3 Å². The van der Waals surface area contributed by atoms with Gasteiger partial charge in [0.2, 0.25) is 11.9 Å². The molecule has 0 saturated carbocycles. The average molecular weight is 406 g/mol. The molecule has 2 aromatic rings. The zero-order valence-electron chi connectivity index (χ0n) is 16.2. The summed E-state index contributed by atoms with van der Waals surface area (Å²) in [6.45, 7) is 4.04. The highest BCUT2D eigenvalue weighted by Crippen LogP contribution is 2.39. The first-order valence-electron chi connectivity index (χ1n) is 9.75. The molecule has 3 rings (SSSR count). The number of hydrazine groups is 1. The van der Waals surface area contributed by atoms with Gasteiger partial charge in [-0.25, -0.2) is 9.99 Å². The molecular formula is C21H25ClFN3O2. The molecule has 1 N–H and O–H groups in total. The summed E-state index contributed by atoms with van der Waals surface area (Å²) < 4.78 is 14.6. The highest BCUT2D eigenvalue weighted by molar-refractivity contribution is 6.33. The number of aryl methyl sites for hydroxylation is 1. The van der Waals surface area contributed by atoms with Crippen LogP contribution in [0.5, 0.6) is 0 Å². The molecule has 0 aliphatic carbocycles. The van der Waals surface area contributed by atoms with Gasteiger partial charge in [-0.15, -0.1) is 11.6 Å². The number of benzene rings is 1. The van der Waals surface area contributed by atoms with Crippen molar-refractivity contribution in [2.75, 3.05) is 0 Å². The maximum absolute atomic E-state index is 14.6. The van der Waals surface area contributed by atoms with Gasteiger partial charge in [-0.1, -0.05) is 44.7 Å². The largest absolute Gasteiger partial charge is 0.273 e. The van der Waals surface area contributed by atoms with Crippen molar-refractivity contribution < 1.29 is 14.0 Å². The van der Waals surface area contributed by atoms with Gasteiger partial charge in [0.1, 0.15) is 11.4 Å². The highest BCUT2D eigenvalue weighted by Gasteiger charge is 2.49. The van der Waals surface area contributed by atoms with Gasteiger partial charge in [-0.3, -0.25) is 15.0 Å². The number of carbonyl (C=O) groups is 2. The molecule has 2 heterocycles. The van der Waals surface area contributed by atoms with E-state index in [4.69, 9.17) is 11.6 Å². The Balaban J connectivity index is 1.71. The summed E-state index contributed by atoms with van der Waals surface area (Å²) in [4.78, 5) is 28.4.